The Morgan fingerprint density at radius 3 is 3.00 bits per heavy atom. The zero-order valence-corrected chi connectivity index (χ0v) is 11.8. The third-order valence-electron chi connectivity index (χ3n) is 5.34. The van der Waals surface area contributed by atoms with Gasteiger partial charge in [-0.25, -0.2) is 0 Å². The first-order valence-electron chi connectivity index (χ1n) is 7.34. The molecule has 0 amide bonds. The van der Waals surface area contributed by atoms with Crippen molar-refractivity contribution >= 4 is 0 Å². The second-order valence-corrected chi connectivity index (χ2v) is 6.25. The van der Waals surface area contributed by atoms with Gasteiger partial charge in [-0.15, -0.1) is 6.42 Å². The molecule has 0 aromatic rings. The number of allylic oxidation sites excluding steroid dienone is 2. The fraction of sp³-hybridized carbons (Fsp3) is 0.647. The molecule has 3 unspecified atom stereocenters. The van der Waals surface area contributed by atoms with Gasteiger partial charge < -0.3 is 9.84 Å². The van der Waals surface area contributed by atoms with E-state index in [1.165, 1.54) is 11.1 Å². The smallest absolute Gasteiger partial charge is 0.137 e. The van der Waals surface area contributed by atoms with Gasteiger partial charge in [0.1, 0.15) is 5.60 Å². The average Bonchev–Trinajstić information content (AvgIpc) is 2.71. The molecule has 3 rings (SSSR count). The van der Waals surface area contributed by atoms with Gasteiger partial charge in [0.2, 0.25) is 0 Å². The van der Waals surface area contributed by atoms with E-state index in [1.807, 2.05) is 0 Å². The van der Waals surface area contributed by atoms with Crippen LogP contribution in [0.25, 0.3) is 0 Å². The molecule has 0 bridgehead atoms. The quantitative estimate of drug-likeness (QED) is 0.731. The molecule has 0 saturated carbocycles. The lowest BCUT2D eigenvalue weighted by molar-refractivity contribution is -0.00555. The van der Waals surface area contributed by atoms with E-state index in [1.54, 1.807) is 0 Å². The van der Waals surface area contributed by atoms with Crippen LogP contribution in [0.15, 0.2) is 23.0 Å². The van der Waals surface area contributed by atoms with Gasteiger partial charge in [-0.2, -0.15) is 0 Å². The minimum absolute atomic E-state index is 0.289. The lowest BCUT2D eigenvalue weighted by atomic mass is 9.64. The molecule has 1 N–H and O–H groups in total. The molecule has 102 valence electrons. The zero-order chi connectivity index (χ0) is 13.7. The van der Waals surface area contributed by atoms with Gasteiger partial charge in [-0.3, -0.25) is 0 Å². The molecule has 0 aromatic heterocycles. The van der Waals surface area contributed by atoms with Crippen molar-refractivity contribution in [1.82, 2.24) is 0 Å². The fourth-order valence-electron chi connectivity index (χ4n) is 3.86. The summed E-state index contributed by atoms with van der Waals surface area (Å²) >= 11 is 0. The molecule has 1 heterocycles. The molecule has 0 radical (unpaired) electrons. The lowest BCUT2D eigenvalue weighted by Crippen LogP contribution is -2.45. The maximum atomic E-state index is 10.7. The monoisotopic (exact) mass is 258 g/mol. The molecular weight excluding hydrogens is 236 g/mol. The first-order chi connectivity index (χ1) is 9.04. The normalized spacial score (nSPS) is 40.9. The predicted octanol–water partition coefficient (Wildman–Crippen LogP) is 3.32. The van der Waals surface area contributed by atoms with Crippen molar-refractivity contribution in [1.29, 1.82) is 0 Å². The topological polar surface area (TPSA) is 29.5 Å². The predicted molar refractivity (Wildman–Crippen MR) is 75.2 cm³/mol. The molecule has 0 saturated heterocycles. The summed E-state index contributed by atoms with van der Waals surface area (Å²) in [5, 5.41) is 10.7. The van der Waals surface area contributed by atoms with Crippen molar-refractivity contribution in [2.75, 3.05) is 0 Å². The summed E-state index contributed by atoms with van der Waals surface area (Å²) in [6.45, 7) is 4.29. The number of aliphatic hydroxyl groups is 1. The van der Waals surface area contributed by atoms with E-state index < -0.39 is 5.60 Å². The second-order valence-electron chi connectivity index (χ2n) is 6.25. The van der Waals surface area contributed by atoms with Crippen molar-refractivity contribution in [3.63, 3.8) is 0 Å². The van der Waals surface area contributed by atoms with Gasteiger partial charge in [-0.1, -0.05) is 25.8 Å². The summed E-state index contributed by atoms with van der Waals surface area (Å²) in [7, 11) is 0. The molecule has 0 aromatic carbocycles. The lowest BCUT2D eigenvalue weighted by Gasteiger charge is -2.44. The van der Waals surface area contributed by atoms with Crippen LogP contribution in [0, 0.1) is 17.8 Å². The zero-order valence-electron chi connectivity index (χ0n) is 11.8. The second kappa shape index (κ2) is 4.15. The standard InChI is InChI=1S/C17H22O2/c1-4-12-6-7-13-14-8-11-17(18,5-2)16(14,3)10-9-15(13)19-12/h2,8,12,18H,4,6-7,9-11H2,1,3H3. The molecule has 3 atom stereocenters. The Kier molecular flexibility index (Phi) is 2.80. The fourth-order valence-corrected chi connectivity index (χ4v) is 3.86. The molecule has 0 spiro atoms. The number of hydrogen-bond acceptors (Lipinski definition) is 2. The molecule has 1 aliphatic heterocycles. The maximum absolute atomic E-state index is 10.7. The minimum atomic E-state index is -1.01. The van der Waals surface area contributed by atoms with Crippen LogP contribution in [0.2, 0.25) is 0 Å². The van der Waals surface area contributed by atoms with E-state index in [-0.39, 0.29) is 5.41 Å². The summed E-state index contributed by atoms with van der Waals surface area (Å²) in [4.78, 5) is 0. The number of terminal acetylenes is 1. The highest BCUT2D eigenvalue weighted by molar-refractivity contribution is 5.50. The number of ether oxygens (including phenoxy) is 1. The van der Waals surface area contributed by atoms with Gasteiger partial charge >= 0.3 is 0 Å². The molecular formula is C17H22O2. The number of fused-ring (bicyclic) bond motifs is 2. The third-order valence-corrected chi connectivity index (χ3v) is 5.34. The number of hydrogen-bond donors (Lipinski definition) is 1. The highest BCUT2D eigenvalue weighted by Gasteiger charge is 2.54. The molecule has 3 aliphatic rings. The maximum Gasteiger partial charge on any atom is 0.137 e. The van der Waals surface area contributed by atoms with E-state index in [9.17, 15) is 5.11 Å². The van der Waals surface area contributed by atoms with Crippen LogP contribution in [0.1, 0.15) is 52.4 Å². The van der Waals surface area contributed by atoms with Crippen LogP contribution in [0.4, 0.5) is 0 Å². The van der Waals surface area contributed by atoms with Gasteiger partial charge in [0.25, 0.3) is 0 Å². The summed E-state index contributed by atoms with van der Waals surface area (Å²) in [5.41, 5.74) is 1.28. The largest absolute Gasteiger partial charge is 0.494 e. The van der Waals surface area contributed by atoms with E-state index >= 15 is 0 Å². The van der Waals surface area contributed by atoms with Gasteiger partial charge in [0.05, 0.1) is 11.9 Å². The van der Waals surface area contributed by atoms with Gasteiger partial charge in [0, 0.05) is 18.3 Å². The van der Waals surface area contributed by atoms with Crippen LogP contribution < -0.4 is 0 Å². The van der Waals surface area contributed by atoms with Crippen molar-refractivity contribution < 1.29 is 9.84 Å². The highest BCUT2D eigenvalue weighted by atomic mass is 16.5. The molecule has 0 fully saturated rings. The first kappa shape index (κ1) is 12.8. The van der Waals surface area contributed by atoms with Gasteiger partial charge in [0.15, 0.2) is 0 Å². The Bertz CT molecular complexity index is 508. The number of rotatable bonds is 1. The summed E-state index contributed by atoms with van der Waals surface area (Å²) in [6, 6.07) is 0. The minimum Gasteiger partial charge on any atom is -0.494 e. The van der Waals surface area contributed by atoms with E-state index in [4.69, 9.17) is 11.2 Å². The Labute approximate surface area is 115 Å². The van der Waals surface area contributed by atoms with Crippen molar-refractivity contribution in [3.8, 4) is 12.3 Å². The Balaban J connectivity index is 1.98. The van der Waals surface area contributed by atoms with Crippen LogP contribution in [-0.4, -0.2) is 16.8 Å². The Morgan fingerprint density at radius 2 is 2.32 bits per heavy atom. The summed E-state index contributed by atoms with van der Waals surface area (Å²) < 4.78 is 6.10. The Morgan fingerprint density at radius 1 is 1.53 bits per heavy atom. The SMILES string of the molecule is C#CC1(O)CC=C2C3=C(CCC21C)OC(CC)CC3. The Hall–Kier alpha value is -1.20. The van der Waals surface area contributed by atoms with Crippen LogP contribution in [0.5, 0.6) is 0 Å². The molecule has 2 heteroatoms. The summed E-state index contributed by atoms with van der Waals surface area (Å²) in [5.74, 6) is 3.79. The first-order valence-corrected chi connectivity index (χ1v) is 7.34. The van der Waals surface area contributed by atoms with Crippen LogP contribution >= 0.6 is 0 Å². The van der Waals surface area contributed by atoms with Crippen LogP contribution in [0.3, 0.4) is 0 Å². The summed E-state index contributed by atoms with van der Waals surface area (Å²) in [6.07, 6.45) is 13.7. The molecule has 2 nitrogen and oxygen atoms in total. The van der Waals surface area contributed by atoms with Crippen LogP contribution in [-0.2, 0) is 4.74 Å². The highest BCUT2D eigenvalue weighted by Crippen LogP contribution is 2.57. The third kappa shape index (κ3) is 1.61. The van der Waals surface area contributed by atoms with E-state index in [0.717, 1.165) is 37.9 Å². The van der Waals surface area contributed by atoms with Gasteiger partial charge in [-0.05, 0) is 36.8 Å². The van der Waals surface area contributed by atoms with E-state index in [2.05, 4.69) is 25.8 Å². The van der Waals surface area contributed by atoms with E-state index in [0.29, 0.717) is 12.5 Å². The molecule has 19 heavy (non-hydrogen) atoms. The van der Waals surface area contributed by atoms with Crippen molar-refractivity contribution in [2.24, 2.45) is 5.41 Å². The average molecular weight is 258 g/mol. The van der Waals surface area contributed by atoms with Crippen molar-refractivity contribution in [2.45, 2.75) is 64.1 Å². The van der Waals surface area contributed by atoms with Crippen molar-refractivity contribution in [3.05, 3.63) is 23.0 Å². The molecule has 2 aliphatic carbocycles.